The van der Waals surface area contributed by atoms with Crippen LogP contribution in [0.2, 0.25) is 5.15 Å². The van der Waals surface area contributed by atoms with Crippen LogP contribution in [0.15, 0.2) is 45.0 Å². The predicted molar refractivity (Wildman–Crippen MR) is 72.0 cm³/mol. The summed E-state index contributed by atoms with van der Waals surface area (Å²) in [5, 5.41) is 11.5. The van der Waals surface area contributed by atoms with Crippen molar-refractivity contribution in [3.63, 3.8) is 0 Å². The van der Waals surface area contributed by atoms with E-state index in [0.717, 1.165) is 4.90 Å². The zero-order valence-electron chi connectivity index (χ0n) is 8.71. The van der Waals surface area contributed by atoms with Crippen molar-refractivity contribution in [2.24, 2.45) is 0 Å². The van der Waals surface area contributed by atoms with Crippen molar-refractivity contribution in [1.29, 1.82) is 0 Å². The number of aromatic nitrogens is 2. The van der Waals surface area contributed by atoms with Gasteiger partial charge in [-0.2, -0.15) is 0 Å². The molecule has 0 atom stereocenters. The summed E-state index contributed by atoms with van der Waals surface area (Å²) in [6, 6.07) is 6.20. The number of non-ortho nitro benzene ring substituents is 1. The van der Waals surface area contributed by atoms with Crippen LogP contribution in [0.5, 0.6) is 0 Å². The van der Waals surface area contributed by atoms with E-state index in [-0.39, 0.29) is 5.69 Å². The topological polar surface area (TPSA) is 68.9 Å². The van der Waals surface area contributed by atoms with Gasteiger partial charge < -0.3 is 0 Å². The minimum Gasteiger partial charge on any atom is -0.258 e. The number of benzene rings is 1. The molecule has 0 aliphatic rings. The van der Waals surface area contributed by atoms with Crippen LogP contribution in [-0.4, -0.2) is 14.9 Å². The van der Waals surface area contributed by atoms with Gasteiger partial charge in [-0.1, -0.05) is 23.4 Å². The molecule has 5 nitrogen and oxygen atoms in total. The van der Waals surface area contributed by atoms with Gasteiger partial charge in [-0.05, 0) is 28.1 Å². The molecule has 2 aromatic rings. The van der Waals surface area contributed by atoms with E-state index in [1.54, 1.807) is 12.1 Å². The molecule has 1 heterocycles. The summed E-state index contributed by atoms with van der Waals surface area (Å²) in [5.41, 5.74) is 0.0548. The summed E-state index contributed by atoms with van der Waals surface area (Å²) in [6.07, 6.45) is 1.36. The second-order valence-electron chi connectivity index (χ2n) is 3.14. The van der Waals surface area contributed by atoms with Crippen LogP contribution in [0.3, 0.4) is 0 Å². The first-order valence-electron chi connectivity index (χ1n) is 4.66. The Morgan fingerprint density at radius 3 is 2.56 bits per heavy atom. The lowest BCUT2D eigenvalue weighted by Crippen LogP contribution is -1.88. The number of halogens is 2. The van der Waals surface area contributed by atoms with Crippen LogP contribution in [0.1, 0.15) is 0 Å². The Labute approximate surface area is 120 Å². The number of rotatable bonds is 3. The number of hydrogen-bond donors (Lipinski definition) is 0. The van der Waals surface area contributed by atoms with Gasteiger partial charge in [0.1, 0.15) is 16.5 Å². The molecular formula is C10H5BrClN3O2S. The third-order valence-electron chi connectivity index (χ3n) is 1.98. The third kappa shape index (κ3) is 2.98. The monoisotopic (exact) mass is 345 g/mol. The van der Waals surface area contributed by atoms with Crippen LogP contribution in [0, 0.1) is 10.1 Å². The highest BCUT2D eigenvalue weighted by Crippen LogP contribution is 2.34. The molecule has 1 aromatic carbocycles. The van der Waals surface area contributed by atoms with E-state index in [4.69, 9.17) is 11.6 Å². The molecule has 0 radical (unpaired) electrons. The molecule has 0 fully saturated rings. The van der Waals surface area contributed by atoms with Gasteiger partial charge in [0.05, 0.1) is 9.40 Å². The van der Waals surface area contributed by atoms with E-state index in [9.17, 15) is 10.1 Å². The molecule has 0 unspecified atom stereocenters. The fraction of sp³-hybridized carbons (Fsp3) is 0. The molecule has 0 spiro atoms. The van der Waals surface area contributed by atoms with E-state index in [1.807, 2.05) is 0 Å². The summed E-state index contributed by atoms with van der Waals surface area (Å²) in [6.45, 7) is 0. The van der Waals surface area contributed by atoms with Crippen LogP contribution in [-0.2, 0) is 0 Å². The molecule has 0 bridgehead atoms. The van der Waals surface area contributed by atoms with Gasteiger partial charge in [-0.3, -0.25) is 10.1 Å². The summed E-state index contributed by atoms with van der Waals surface area (Å²) >= 11 is 10.5. The standard InChI is InChI=1S/C10H5BrClN3O2S/c11-8-9(12)13-5-14-10(8)18-7-3-1-6(2-4-7)15(16)17/h1-5H. The average molecular weight is 347 g/mol. The fourth-order valence-corrected chi connectivity index (χ4v) is 2.57. The molecule has 1 aromatic heterocycles. The highest BCUT2D eigenvalue weighted by Gasteiger charge is 2.10. The normalized spacial score (nSPS) is 10.3. The first kappa shape index (κ1) is 13.3. The molecule has 0 aliphatic heterocycles. The molecule has 0 saturated carbocycles. The SMILES string of the molecule is O=[N+]([O-])c1ccc(Sc2ncnc(Cl)c2Br)cc1. The van der Waals surface area contributed by atoms with E-state index in [2.05, 4.69) is 25.9 Å². The Bertz CT molecular complexity index is 594. The maximum atomic E-state index is 10.5. The number of nitro benzene ring substituents is 1. The third-order valence-corrected chi connectivity index (χ3v) is 4.52. The summed E-state index contributed by atoms with van der Waals surface area (Å²) < 4.78 is 0.606. The van der Waals surface area contributed by atoms with E-state index in [1.165, 1.54) is 30.2 Å². The smallest absolute Gasteiger partial charge is 0.258 e. The van der Waals surface area contributed by atoms with Gasteiger partial charge in [-0.25, -0.2) is 9.97 Å². The Hall–Kier alpha value is -1.18. The molecule has 0 aliphatic carbocycles. The molecule has 0 saturated heterocycles. The lowest BCUT2D eigenvalue weighted by Gasteiger charge is -2.03. The predicted octanol–water partition coefficient (Wildman–Crippen LogP) is 3.95. The van der Waals surface area contributed by atoms with Gasteiger partial charge in [0.2, 0.25) is 0 Å². The van der Waals surface area contributed by atoms with Gasteiger partial charge in [0.25, 0.3) is 5.69 Å². The maximum absolute atomic E-state index is 10.5. The van der Waals surface area contributed by atoms with Crippen molar-refractivity contribution in [3.05, 3.63) is 50.3 Å². The summed E-state index contributed by atoms with van der Waals surface area (Å²) in [5.74, 6) is 0. The second-order valence-corrected chi connectivity index (χ2v) is 5.35. The van der Waals surface area contributed by atoms with Crippen molar-refractivity contribution >= 4 is 45.0 Å². The average Bonchev–Trinajstić information content (AvgIpc) is 2.36. The zero-order valence-corrected chi connectivity index (χ0v) is 11.9. The maximum Gasteiger partial charge on any atom is 0.269 e. The van der Waals surface area contributed by atoms with Crippen LogP contribution < -0.4 is 0 Å². The van der Waals surface area contributed by atoms with E-state index < -0.39 is 4.92 Å². The van der Waals surface area contributed by atoms with E-state index >= 15 is 0 Å². The minimum atomic E-state index is -0.439. The molecular weight excluding hydrogens is 342 g/mol. The van der Waals surface area contributed by atoms with Gasteiger partial charge in [-0.15, -0.1) is 0 Å². The molecule has 92 valence electrons. The lowest BCUT2D eigenvalue weighted by molar-refractivity contribution is -0.384. The number of hydrogen-bond acceptors (Lipinski definition) is 5. The van der Waals surface area contributed by atoms with Crippen LogP contribution >= 0.6 is 39.3 Å². The first-order valence-corrected chi connectivity index (χ1v) is 6.65. The first-order chi connectivity index (χ1) is 8.58. The van der Waals surface area contributed by atoms with Crippen molar-refractivity contribution < 1.29 is 4.92 Å². The lowest BCUT2D eigenvalue weighted by atomic mass is 10.3. The molecule has 0 N–H and O–H groups in total. The summed E-state index contributed by atoms with van der Waals surface area (Å²) in [7, 11) is 0. The Morgan fingerprint density at radius 1 is 1.28 bits per heavy atom. The van der Waals surface area contributed by atoms with Crippen LogP contribution in [0.25, 0.3) is 0 Å². The second kappa shape index (κ2) is 5.64. The highest BCUT2D eigenvalue weighted by atomic mass is 79.9. The molecule has 8 heteroatoms. The Kier molecular flexibility index (Phi) is 4.15. The molecule has 18 heavy (non-hydrogen) atoms. The summed E-state index contributed by atoms with van der Waals surface area (Å²) in [4.78, 5) is 18.8. The van der Waals surface area contributed by atoms with Crippen molar-refractivity contribution in [2.45, 2.75) is 9.92 Å². The quantitative estimate of drug-likeness (QED) is 0.478. The van der Waals surface area contributed by atoms with Gasteiger partial charge >= 0.3 is 0 Å². The van der Waals surface area contributed by atoms with Crippen molar-refractivity contribution in [2.75, 3.05) is 0 Å². The van der Waals surface area contributed by atoms with Gasteiger partial charge in [0, 0.05) is 17.0 Å². The largest absolute Gasteiger partial charge is 0.269 e. The van der Waals surface area contributed by atoms with Gasteiger partial charge in [0.15, 0.2) is 0 Å². The number of nitro groups is 1. The van der Waals surface area contributed by atoms with Crippen molar-refractivity contribution in [3.8, 4) is 0 Å². The minimum absolute atomic E-state index is 0.0548. The Balaban J connectivity index is 2.24. The van der Waals surface area contributed by atoms with E-state index in [0.29, 0.717) is 14.7 Å². The highest BCUT2D eigenvalue weighted by molar-refractivity contribution is 9.10. The van der Waals surface area contributed by atoms with Crippen LogP contribution in [0.4, 0.5) is 5.69 Å². The number of nitrogens with zero attached hydrogens (tertiary/aromatic N) is 3. The molecule has 0 amide bonds. The Morgan fingerprint density at radius 2 is 1.94 bits per heavy atom. The fourth-order valence-electron chi connectivity index (χ4n) is 1.15. The zero-order chi connectivity index (χ0) is 13.1. The van der Waals surface area contributed by atoms with Crippen molar-refractivity contribution in [1.82, 2.24) is 9.97 Å². The molecule has 2 rings (SSSR count).